The number of para-hydroxylation sites is 2. The summed E-state index contributed by atoms with van der Waals surface area (Å²) in [4.78, 5) is 25.3. The van der Waals surface area contributed by atoms with Crippen LogP contribution >= 0.6 is 0 Å². The first-order chi connectivity index (χ1) is 13.2. The second-order valence-electron chi connectivity index (χ2n) is 6.13. The zero-order valence-electron chi connectivity index (χ0n) is 14.8. The molecule has 2 aromatic heterocycles. The molecule has 0 aliphatic carbocycles. The van der Waals surface area contributed by atoms with E-state index in [2.05, 4.69) is 10.4 Å². The van der Waals surface area contributed by atoms with Crippen LogP contribution in [0.25, 0.3) is 16.6 Å². The minimum absolute atomic E-state index is 0.0584. The molecule has 0 atom stereocenters. The van der Waals surface area contributed by atoms with Crippen LogP contribution in [0.5, 0.6) is 5.75 Å². The van der Waals surface area contributed by atoms with Gasteiger partial charge in [0, 0.05) is 6.54 Å². The van der Waals surface area contributed by atoms with Crippen molar-refractivity contribution in [3.05, 3.63) is 76.7 Å². The van der Waals surface area contributed by atoms with Gasteiger partial charge in [-0.2, -0.15) is 5.10 Å². The molecule has 0 bridgehead atoms. The Bertz CT molecular complexity index is 1180. The van der Waals surface area contributed by atoms with Crippen LogP contribution < -0.4 is 15.6 Å². The van der Waals surface area contributed by atoms with Gasteiger partial charge in [-0.15, -0.1) is 0 Å². The lowest BCUT2D eigenvalue weighted by molar-refractivity contribution is -0.121. The van der Waals surface area contributed by atoms with Gasteiger partial charge in [0.05, 0.1) is 24.3 Å². The maximum absolute atomic E-state index is 12.8. The third kappa shape index (κ3) is 3.15. The van der Waals surface area contributed by atoms with Gasteiger partial charge in [-0.1, -0.05) is 24.3 Å². The fraction of sp³-hybridized carbons (Fsp3) is 0.150. The van der Waals surface area contributed by atoms with Crippen molar-refractivity contribution in [2.24, 2.45) is 0 Å². The van der Waals surface area contributed by atoms with Gasteiger partial charge >= 0.3 is 0 Å². The van der Waals surface area contributed by atoms with E-state index in [4.69, 9.17) is 4.74 Å². The molecular weight excluding hydrogens is 344 g/mol. The van der Waals surface area contributed by atoms with E-state index in [1.54, 1.807) is 23.9 Å². The smallest absolute Gasteiger partial charge is 0.277 e. The normalized spacial score (nSPS) is 11.0. The monoisotopic (exact) mass is 362 g/mol. The van der Waals surface area contributed by atoms with Gasteiger partial charge in [0.2, 0.25) is 5.91 Å². The van der Waals surface area contributed by atoms with Crippen molar-refractivity contribution in [2.45, 2.75) is 13.1 Å². The molecule has 7 nitrogen and oxygen atoms in total. The maximum Gasteiger partial charge on any atom is 0.277 e. The fourth-order valence-corrected chi connectivity index (χ4v) is 3.08. The predicted molar refractivity (Wildman–Crippen MR) is 102 cm³/mol. The summed E-state index contributed by atoms with van der Waals surface area (Å²) in [6.45, 7) is 0.321. The summed E-state index contributed by atoms with van der Waals surface area (Å²) in [5.41, 5.74) is 2.59. The molecule has 4 aromatic rings. The van der Waals surface area contributed by atoms with Crippen LogP contribution in [0.15, 0.2) is 65.6 Å². The van der Waals surface area contributed by atoms with E-state index >= 15 is 0 Å². The average Bonchev–Trinajstić information content (AvgIpc) is 3.20. The van der Waals surface area contributed by atoms with Gasteiger partial charge in [-0.05, 0) is 35.9 Å². The highest BCUT2D eigenvalue weighted by Gasteiger charge is 2.13. The van der Waals surface area contributed by atoms with Crippen molar-refractivity contribution in [1.29, 1.82) is 0 Å². The number of ether oxygens (including phenoxy) is 1. The van der Waals surface area contributed by atoms with E-state index in [1.807, 2.05) is 48.5 Å². The van der Waals surface area contributed by atoms with E-state index in [0.717, 1.165) is 16.8 Å². The predicted octanol–water partition coefficient (Wildman–Crippen LogP) is 1.97. The second kappa shape index (κ2) is 6.95. The lowest BCUT2D eigenvalue weighted by Crippen LogP contribution is -2.33. The minimum Gasteiger partial charge on any atom is -0.497 e. The zero-order chi connectivity index (χ0) is 18.8. The highest BCUT2D eigenvalue weighted by Crippen LogP contribution is 2.14. The molecule has 0 aliphatic heterocycles. The molecule has 0 saturated heterocycles. The molecule has 27 heavy (non-hydrogen) atoms. The highest BCUT2D eigenvalue weighted by molar-refractivity contribution is 5.82. The van der Waals surface area contributed by atoms with Crippen molar-refractivity contribution in [3.63, 3.8) is 0 Å². The molecular formula is C20H18N4O3. The Balaban J connectivity index is 1.59. The Morgan fingerprint density at radius 3 is 2.52 bits per heavy atom. The molecule has 0 spiro atoms. The van der Waals surface area contributed by atoms with Gasteiger partial charge in [0.25, 0.3) is 5.56 Å². The summed E-state index contributed by atoms with van der Waals surface area (Å²) in [7, 11) is 1.61. The summed E-state index contributed by atoms with van der Waals surface area (Å²) in [5.74, 6) is 0.527. The quantitative estimate of drug-likeness (QED) is 0.589. The first kappa shape index (κ1) is 16.8. The molecule has 136 valence electrons. The standard InChI is InChI=1S/C20H18N4O3/c1-27-15-8-6-14(7-9-15)12-21-19(25)13-23-16-4-2-3-5-17(16)24-18(20(23)26)10-11-22-24/h2-11H,12-13H2,1H3,(H,21,25). The Morgan fingerprint density at radius 1 is 1.04 bits per heavy atom. The van der Waals surface area contributed by atoms with Gasteiger partial charge in [-0.3, -0.25) is 14.2 Å². The van der Waals surface area contributed by atoms with Crippen molar-refractivity contribution in [1.82, 2.24) is 19.5 Å². The van der Waals surface area contributed by atoms with Crippen LogP contribution in [0.1, 0.15) is 5.56 Å². The number of carbonyl (C=O) groups excluding carboxylic acids is 1. The summed E-state index contributed by atoms with van der Waals surface area (Å²) in [5, 5.41) is 7.07. The van der Waals surface area contributed by atoms with Gasteiger partial charge < -0.3 is 10.1 Å². The average molecular weight is 362 g/mol. The lowest BCUT2D eigenvalue weighted by Gasteiger charge is -2.12. The summed E-state index contributed by atoms with van der Waals surface area (Å²) in [6.07, 6.45) is 1.58. The maximum atomic E-state index is 12.8. The topological polar surface area (TPSA) is 77.6 Å². The number of rotatable bonds is 5. The molecule has 4 rings (SSSR count). The number of carbonyl (C=O) groups is 1. The largest absolute Gasteiger partial charge is 0.497 e. The number of amides is 1. The molecule has 1 N–H and O–H groups in total. The molecule has 0 saturated carbocycles. The third-order valence-corrected chi connectivity index (χ3v) is 4.46. The van der Waals surface area contributed by atoms with Crippen molar-refractivity contribution in [2.75, 3.05) is 7.11 Å². The highest BCUT2D eigenvalue weighted by atomic mass is 16.5. The number of nitrogens with zero attached hydrogens (tertiary/aromatic N) is 3. The number of methoxy groups -OCH3 is 1. The van der Waals surface area contributed by atoms with E-state index in [9.17, 15) is 9.59 Å². The fourth-order valence-electron chi connectivity index (χ4n) is 3.08. The van der Waals surface area contributed by atoms with Crippen LogP contribution in [0, 0.1) is 0 Å². The number of aromatic nitrogens is 3. The van der Waals surface area contributed by atoms with Crippen LogP contribution in [-0.2, 0) is 17.9 Å². The zero-order valence-corrected chi connectivity index (χ0v) is 14.8. The number of benzene rings is 2. The van der Waals surface area contributed by atoms with Gasteiger partial charge in [0.15, 0.2) is 0 Å². The molecule has 2 heterocycles. The summed E-state index contributed by atoms with van der Waals surface area (Å²) < 4.78 is 8.21. The number of fused-ring (bicyclic) bond motifs is 3. The van der Waals surface area contributed by atoms with Crippen molar-refractivity contribution < 1.29 is 9.53 Å². The molecule has 0 aliphatic rings. The van der Waals surface area contributed by atoms with Crippen LogP contribution in [0.4, 0.5) is 0 Å². The SMILES string of the molecule is COc1ccc(CNC(=O)Cn2c(=O)c3ccnn3c3ccccc32)cc1. The van der Waals surface area contributed by atoms with Crippen molar-refractivity contribution >= 4 is 22.5 Å². The molecule has 1 amide bonds. The van der Waals surface area contributed by atoms with Crippen LogP contribution in [-0.4, -0.2) is 27.2 Å². The Hall–Kier alpha value is -3.61. The lowest BCUT2D eigenvalue weighted by atomic mass is 10.2. The number of nitrogens with one attached hydrogen (secondary N) is 1. The van der Waals surface area contributed by atoms with E-state index in [0.29, 0.717) is 17.6 Å². The molecule has 0 fully saturated rings. The van der Waals surface area contributed by atoms with Gasteiger partial charge in [0.1, 0.15) is 17.8 Å². The van der Waals surface area contributed by atoms with E-state index < -0.39 is 0 Å². The Kier molecular flexibility index (Phi) is 4.33. The summed E-state index contributed by atoms with van der Waals surface area (Å²) >= 11 is 0. The van der Waals surface area contributed by atoms with E-state index in [-0.39, 0.29) is 18.0 Å². The Labute approximate surface area is 154 Å². The second-order valence-corrected chi connectivity index (χ2v) is 6.13. The molecule has 2 aromatic carbocycles. The van der Waals surface area contributed by atoms with Crippen LogP contribution in [0.3, 0.4) is 0 Å². The first-order valence-electron chi connectivity index (χ1n) is 8.52. The molecule has 0 radical (unpaired) electrons. The first-order valence-corrected chi connectivity index (χ1v) is 8.52. The van der Waals surface area contributed by atoms with Gasteiger partial charge in [-0.25, -0.2) is 4.52 Å². The van der Waals surface area contributed by atoms with E-state index in [1.165, 1.54) is 4.57 Å². The molecule has 0 unspecified atom stereocenters. The molecule has 7 heteroatoms. The third-order valence-electron chi connectivity index (χ3n) is 4.46. The Morgan fingerprint density at radius 2 is 1.78 bits per heavy atom. The summed E-state index contributed by atoms with van der Waals surface area (Å²) in [6, 6.07) is 16.5. The van der Waals surface area contributed by atoms with Crippen LogP contribution in [0.2, 0.25) is 0 Å². The number of hydrogen-bond acceptors (Lipinski definition) is 4. The minimum atomic E-state index is -0.245. The van der Waals surface area contributed by atoms with Crippen molar-refractivity contribution in [3.8, 4) is 5.75 Å². The number of hydrogen-bond donors (Lipinski definition) is 1.